The monoisotopic (exact) mass is 384 g/mol. The Labute approximate surface area is 164 Å². The summed E-state index contributed by atoms with van der Waals surface area (Å²) < 4.78 is 2.21. The fourth-order valence-electron chi connectivity index (χ4n) is 4.70. The molecule has 2 fully saturated rings. The Bertz CT molecular complexity index is 870. The van der Waals surface area contributed by atoms with Gasteiger partial charge in [0.2, 0.25) is 0 Å². The summed E-state index contributed by atoms with van der Waals surface area (Å²) in [4.78, 5) is 30.9. The first-order chi connectivity index (χ1) is 13.6. The van der Waals surface area contributed by atoms with Gasteiger partial charge < -0.3 is 19.9 Å². The van der Waals surface area contributed by atoms with E-state index in [1.54, 1.807) is 0 Å². The van der Waals surface area contributed by atoms with Gasteiger partial charge in [-0.25, -0.2) is 9.78 Å². The lowest BCUT2D eigenvalue weighted by Crippen LogP contribution is -2.46. The highest BCUT2D eigenvalue weighted by atomic mass is 16.4. The summed E-state index contributed by atoms with van der Waals surface area (Å²) in [5.74, 6) is -0.0223. The fraction of sp³-hybridized carbons (Fsp3) is 0.571. The fourth-order valence-corrected chi connectivity index (χ4v) is 4.70. The van der Waals surface area contributed by atoms with Crippen LogP contribution in [0.5, 0.6) is 0 Å². The van der Waals surface area contributed by atoms with Crippen LogP contribution in [0.2, 0.25) is 0 Å². The lowest BCUT2D eigenvalue weighted by Gasteiger charge is -2.31. The van der Waals surface area contributed by atoms with E-state index in [1.807, 2.05) is 23.1 Å². The summed E-state index contributed by atoms with van der Waals surface area (Å²) in [5, 5.41) is 12.3. The Morgan fingerprint density at radius 3 is 2.64 bits per heavy atom. The number of carboxylic acid groups (broad SMARTS) is 1. The van der Waals surface area contributed by atoms with Crippen LogP contribution in [0.1, 0.15) is 57.3 Å². The molecule has 2 N–H and O–H groups in total. The van der Waals surface area contributed by atoms with Crippen molar-refractivity contribution in [1.82, 2.24) is 19.8 Å². The maximum atomic E-state index is 13.0. The summed E-state index contributed by atoms with van der Waals surface area (Å²) in [7, 11) is 0. The van der Waals surface area contributed by atoms with Crippen molar-refractivity contribution >= 4 is 23.0 Å². The third-order valence-corrected chi connectivity index (χ3v) is 6.22. The number of carboxylic acids is 1. The number of rotatable bonds is 4. The highest BCUT2D eigenvalue weighted by molar-refractivity contribution is 5.78. The molecule has 0 radical (unpaired) electrons. The van der Waals surface area contributed by atoms with E-state index >= 15 is 0 Å². The molecule has 7 nitrogen and oxygen atoms in total. The zero-order chi connectivity index (χ0) is 19.7. The number of hydrogen-bond donors (Lipinski definition) is 2. The van der Waals surface area contributed by atoms with Crippen LogP contribution in [0.4, 0.5) is 4.79 Å². The molecule has 4 rings (SSSR count). The second-order valence-electron chi connectivity index (χ2n) is 7.89. The molecule has 1 aromatic heterocycles. The minimum Gasteiger partial charge on any atom is -0.481 e. The number of urea groups is 1. The number of benzene rings is 1. The van der Waals surface area contributed by atoms with Crippen molar-refractivity contribution in [3.05, 3.63) is 30.1 Å². The Morgan fingerprint density at radius 1 is 1.18 bits per heavy atom. The number of imidazole rings is 1. The van der Waals surface area contributed by atoms with E-state index in [0.29, 0.717) is 12.8 Å². The SMILES string of the molecule is CCn1c(C2CCCN2C(=O)NC2CCC(C(=O)O)CC2)nc2ccccc21. The van der Waals surface area contributed by atoms with Crippen molar-refractivity contribution in [1.29, 1.82) is 0 Å². The van der Waals surface area contributed by atoms with E-state index in [1.165, 1.54) is 0 Å². The average molecular weight is 384 g/mol. The zero-order valence-electron chi connectivity index (χ0n) is 16.3. The van der Waals surface area contributed by atoms with Gasteiger partial charge in [-0.05, 0) is 57.6 Å². The number of hydrogen-bond acceptors (Lipinski definition) is 3. The number of para-hydroxylation sites is 2. The molecule has 1 aliphatic carbocycles. The summed E-state index contributed by atoms with van der Waals surface area (Å²) in [6.45, 7) is 3.66. The standard InChI is InChI=1S/C21H28N4O3/c1-2-24-17-7-4-3-6-16(17)23-19(24)18-8-5-13-25(18)21(28)22-15-11-9-14(10-12-15)20(26)27/h3-4,6-7,14-15,18H,2,5,8-13H2,1H3,(H,22,28)(H,26,27). The smallest absolute Gasteiger partial charge is 0.318 e. The van der Waals surface area contributed by atoms with Gasteiger partial charge >= 0.3 is 12.0 Å². The molecule has 1 aliphatic heterocycles. The minimum atomic E-state index is -0.720. The van der Waals surface area contributed by atoms with Crippen LogP contribution in [0.25, 0.3) is 11.0 Å². The number of nitrogens with one attached hydrogen (secondary N) is 1. The van der Waals surface area contributed by atoms with Crippen molar-refractivity contribution in [3.63, 3.8) is 0 Å². The van der Waals surface area contributed by atoms with Gasteiger partial charge in [-0.2, -0.15) is 0 Å². The zero-order valence-corrected chi connectivity index (χ0v) is 16.3. The van der Waals surface area contributed by atoms with Crippen LogP contribution >= 0.6 is 0 Å². The van der Waals surface area contributed by atoms with Gasteiger partial charge in [0, 0.05) is 19.1 Å². The van der Waals surface area contributed by atoms with E-state index in [-0.39, 0.29) is 24.0 Å². The molecule has 0 spiro atoms. The van der Waals surface area contributed by atoms with Gasteiger partial charge in [-0.15, -0.1) is 0 Å². The second kappa shape index (κ2) is 7.81. The maximum Gasteiger partial charge on any atom is 0.318 e. The first kappa shape index (κ1) is 18.8. The van der Waals surface area contributed by atoms with Gasteiger partial charge in [0.05, 0.1) is 23.0 Å². The predicted octanol–water partition coefficient (Wildman–Crippen LogP) is 3.55. The van der Waals surface area contributed by atoms with E-state index in [4.69, 9.17) is 10.1 Å². The molecule has 150 valence electrons. The third-order valence-electron chi connectivity index (χ3n) is 6.22. The first-order valence-electron chi connectivity index (χ1n) is 10.3. The summed E-state index contributed by atoms with van der Waals surface area (Å²) >= 11 is 0. The normalized spacial score (nSPS) is 25.2. The van der Waals surface area contributed by atoms with Crippen molar-refractivity contribution in [2.75, 3.05) is 6.54 Å². The summed E-state index contributed by atoms with van der Waals surface area (Å²) in [6, 6.07) is 8.12. The molecular formula is C21H28N4O3. The van der Waals surface area contributed by atoms with Gasteiger partial charge in [-0.1, -0.05) is 12.1 Å². The average Bonchev–Trinajstić information content (AvgIpc) is 3.32. The van der Waals surface area contributed by atoms with E-state index in [9.17, 15) is 9.59 Å². The Hall–Kier alpha value is -2.57. The van der Waals surface area contributed by atoms with Crippen LogP contribution in [0.15, 0.2) is 24.3 Å². The molecule has 2 heterocycles. The lowest BCUT2D eigenvalue weighted by atomic mass is 9.86. The van der Waals surface area contributed by atoms with Crippen LogP contribution in [0.3, 0.4) is 0 Å². The van der Waals surface area contributed by atoms with Crippen molar-refractivity contribution in [2.24, 2.45) is 5.92 Å². The Kier molecular flexibility index (Phi) is 5.24. The number of likely N-dealkylation sites (tertiary alicyclic amines) is 1. The molecule has 1 atom stereocenters. The first-order valence-corrected chi connectivity index (χ1v) is 10.3. The molecule has 0 bridgehead atoms. The quantitative estimate of drug-likeness (QED) is 0.844. The third kappa shape index (κ3) is 3.45. The highest BCUT2D eigenvalue weighted by Crippen LogP contribution is 2.34. The van der Waals surface area contributed by atoms with Crippen molar-refractivity contribution in [3.8, 4) is 0 Å². The molecule has 1 saturated heterocycles. The topological polar surface area (TPSA) is 87.5 Å². The molecule has 1 unspecified atom stereocenters. The minimum absolute atomic E-state index is 0.0114. The van der Waals surface area contributed by atoms with Gasteiger partial charge in [0.25, 0.3) is 0 Å². The molecule has 1 aromatic carbocycles. The predicted molar refractivity (Wildman–Crippen MR) is 106 cm³/mol. The van der Waals surface area contributed by atoms with Crippen LogP contribution in [-0.4, -0.2) is 44.1 Å². The summed E-state index contributed by atoms with van der Waals surface area (Å²) in [6.07, 6.45) is 4.62. The molecule has 7 heteroatoms. The number of carbonyl (C=O) groups excluding carboxylic acids is 1. The number of nitrogens with zero attached hydrogens (tertiary/aromatic N) is 3. The van der Waals surface area contributed by atoms with E-state index in [2.05, 4.69) is 22.9 Å². The Morgan fingerprint density at radius 2 is 1.93 bits per heavy atom. The van der Waals surface area contributed by atoms with Crippen molar-refractivity contribution in [2.45, 2.75) is 64.1 Å². The van der Waals surface area contributed by atoms with E-state index in [0.717, 1.165) is 55.6 Å². The maximum absolute atomic E-state index is 13.0. The van der Waals surface area contributed by atoms with Crippen molar-refractivity contribution < 1.29 is 14.7 Å². The highest BCUT2D eigenvalue weighted by Gasteiger charge is 2.35. The number of aliphatic carboxylic acids is 1. The molecule has 2 aromatic rings. The van der Waals surface area contributed by atoms with Gasteiger partial charge in [-0.3, -0.25) is 4.79 Å². The van der Waals surface area contributed by atoms with Gasteiger partial charge in [0.15, 0.2) is 0 Å². The lowest BCUT2D eigenvalue weighted by molar-refractivity contribution is -0.142. The summed E-state index contributed by atoms with van der Waals surface area (Å²) in [5.41, 5.74) is 2.08. The van der Waals surface area contributed by atoms with E-state index < -0.39 is 5.97 Å². The number of carbonyl (C=O) groups is 2. The molecule has 28 heavy (non-hydrogen) atoms. The van der Waals surface area contributed by atoms with Crippen LogP contribution in [0, 0.1) is 5.92 Å². The molecule has 1 saturated carbocycles. The number of amides is 2. The number of fused-ring (bicyclic) bond motifs is 1. The molecular weight excluding hydrogens is 356 g/mol. The Balaban J connectivity index is 1.48. The van der Waals surface area contributed by atoms with Crippen LogP contribution < -0.4 is 5.32 Å². The van der Waals surface area contributed by atoms with Crippen LogP contribution in [-0.2, 0) is 11.3 Å². The van der Waals surface area contributed by atoms with Gasteiger partial charge in [0.1, 0.15) is 5.82 Å². The largest absolute Gasteiger partial charge is 0.481 e. The molecule has 2 aliphatic rings. The molecule has 2 amide bonds. The number of aryl methyl sites for hydroxylation is 1. The number of aromatic nitrogens is 2. The second-order valence-corrected chi connectivity index (χ2v) is 7.89.